The van der Waals surface area contributed by atoms with E-state index in [0.29, 0.717) is 12.1 Å². The molecule has 0 saturated heterocycles. The van der Waals surface area contributed by atoms with Crippen molar-refractivity contribution in [3.8, 4) is 5.75 Å². The van der Waals surface area contributed by atoms with Gasteiger partial charge in [0.05, 0.1) is 0 Å². The molecule has 0 aromatic heterocycles. The van der Waals surface area contributed by atoms with E-state index < -0.39 is 0 Å². The lowest BCUT2D eigenvalue weighted by Crippen LogP contribution is -2.33. The van der Waals surface area contributed by atoms with Gasteiger partial charge in [-0.25, -0.2) is 0 Å². The van der Waals surface area contributed by atoms with Crippen LogP contribution in [-0.2, 0) is 11.2 Å². The second-order valence-electron chi connectivity index (χ2n) is 6.08. The standard InChI is InChI=1S/C17H24N2O2/c1-18-15-7-3-6-14-13(15)5-4-8-16(14)21-11-17(20)19(2)12-9-10-12/h4-5,8,12,15,18H,3,6-7,9-11H2,1-2H3. The third kappa shape index (κ3) is 3.05. The van der Waals surface area contributed by atoms with Crippen molar-refractivity contribution < 1.29 is 9.53 Å². The van der Waals surface area contributed by atoms with E-state index in [1.54, 1.807) is 0 Å². The second kappa shape index (κ2) is 6.06. The normalized spacial score (nSPS) is 20.8. The van der Waals surface area contributed by atoms with Crippen molar-refractivity contribution in [2.75, 3.05) is 20.7 Å². The van der Waals surface area contributed by atoms with Gasteiger partial charge in [-0.3, -0.25) is 4.79 Å². The molecule has 1 saturated carbocycles. The van der Waals surface area contributed by atoms with Crippen LogP contribution in [0.1, 0.15) is 42.9 Å². The number of carbonyl (C=O) groups is 1. The molecule has 2 aliphatic carbocycles. The van der Waals surface area contributed by atoms with Crippen LogP contribution in [0, 0.1) is 0 Å². The molecule has 0 bridgehead atoms. The van der Waals surface area contributed by atoms with Gasteiger partial charge in [0.2, 0.25) is 0 Å². The number of benzene rings is 1. The van der Waals surface area contributed by atoms with Gasteiger partial charge in [0, 0.05) is 19.1 Å². The minimum absolute atomic E-state index is 0.0797. The van der Waals surface area contributed by atoms with E-state index in [1.807, 2.05) is 31.1 Å². The number of ether oxygens (including phenoxy) is 1. The number of likely N-dealkylation sites (N-methyl/N-ethyl adjacent to an activating group) is 1. The van der Waals surface area contributed by atoms with Crippen LogP contribution in [0.25, 0.3) is 0 Å². The molecule has 1 atom stereocenters. The third-order valence-corrected chi connectivity index (χ3v) is 4.65. The van der Waals surface area contributed by atoms with Crippen LogP contribution in [0.15, 0.2) is 18.2 Å². The van der Waals surface area contributed by atoms with Crippen LogP contribution >= 0.6 is 0 Å². The Balaban J connectivity index is 1.69. The molecular weight excluding hydrogens is 264 g/mol. The molecule has 4 nitrogen and oxygen atoms in total. The fraction of sp³-hybridized carbons (Fsp3) is 0.588. The van der Waals surface area contributed by atoms with Gasteiger partial charge in [0.15, 0.2) is 6.61 Å². The Bertz CT molecular complexity index is 526. The Hall–Kier alpha value is -1.55. The predicted octanol–water partition coefficient (Wildman–Crippen LogP) is 2.28. The Morgan fingerprint density at radius 2 is 2.19 bits per heavy atom. The predicted molar refractivity (Wildman–Crippen MR) is 82.5 cm³/mol. The van der Waals surface area contributed by atoms with Crippen molar-refractivity contribution in [2.24, 2.45) is 0 Å². The van der Waals surface area contributed by atoms with Crippen LogP contribution in [0.4, 0.5) is 0 Å². The van der Waals surface area contributed by atoms with Crippen LogP contribution in [-0.4, -0.2) is 37.6 Å². The average molecular weight is 288 g/mol. The number of nitrogens with zero attached hydrogens (tertiary/aromatic N) is 1. The quantitative estimate of drug-likeness (QED) is 0.904. The van der Waals surface area contributed by atoms with Gasteiger partial charge in [-0.2, -0.15) is 0 Å². The smallest absolute Gasteiger partial charge is 0.260 e. The molecule has 0 radical (unpaired) electrons. The zero-order chi connectivity index (χ0) is 14.8. The molecule has 1 aromatic rings. The number of hydrogen-bond donors (Lipinski definition) is 1. The molecule has 3 rings (SSSR count). The van der Waals surface area contributed by atoms with Gasteiger partial charge in [0.25, 0.3) is 5.91 Å². The molecule has 4 heteroatoms. The summed E-state index contributed by atoms with van der Waals surface area (Å²) in [5.41, 5.74) is 2.59. The number of amides is 1. The first-order valence-electron chi connectivity index (χ1n) is 7.88. The van der Waals surface area contributed by atoms with Crippen molar-refractivity contribution in [1.82, 2.24) is 10.2 Å². The highest BCUT2D eigenvalue weighted by atomic mass is 16.5. The molecule has 1 amide bonds. The third-order valence-electron chi connectivity index (χ3n) is 4.65. The topological polar surface area (TPSA) is 41.6 Å². The zero-order valence-electron chi connectivity index (χ0n) is 12.9. The Labute approximate surface area is 126 Å². The Morgan fingerprint density at radius 1 is 1.38 bits per heavy atom. The molecule has 1 unspecified atom stereocenters. The van der Waals surface area contributed by atoms with E-state index in [2.05, 4.69) is 11.4 Å². The van der Waals surface area contributed by atoms with Gasteiger partial charge in [-0.15, -0.1) is 0 Å². The summed E-state index contributed by atoms with van der Waals surface area (Å²) in [6.45, 7) is 0.147. The molecule has 0 spiro atoms. The van der Waals surface area contributed by atoms with Crippen molar-refractivity contribution in [3.05, 3.63) is 29.3 Å². The van der Waals surface area contributed by atoms with Crippen molar-refractivity contribution >= 4 is 5.91 Å². The summed E-state index contributed by atoms with van der Waals surface area (Å²) in [5, 5.41) is 3.36. The number of fused-ring (bicyclic) bond motifs is 1. The summed E-state index contributed by atoms with van der Waals surface area (Å²) in [6, 6.07) is 7.03. The van der Waals surface area contributed by atoms with Gasteiger partial charge in [-0.05, 0) is 56.3 Å². The lowest BCUT2D eigenvalue weighted by atomic mass is 9.87. The van der Waals surface area contributed by atoms with Crippen molar-refractivity contribution in [3.63, 3.8) is 0 Å². The van der Waals surface area contributed by atoms with Crippen molar-refractivity contribution in [2.45, 2.75) is 44.2 Å². The first-order chi connectivity index (χ1) is 10.2. The molecular formula is C17H24N2O2. The zero-order valence-corrected chi connectivity index (χ0v) is 12.9. The number of nitrogens with one attached hydrogen (secondary N) is 1. The molecule has 1 aromatic carbocycles. The number of rotatable bonds is 5. The maximum Gasteiger partial charge on any atom is 0.260 e. The lowest BCUT2D eigenvalue weighted by Gasteiger charge is -2.27. The first kappa shape index (κ1) is 14.4. The fourth-order valence-corrected chi connectivity index (χ4v) is 3.16. The van der Waals surface area contributed by atoms with E-state index in [-0.39, 0.29) is 12.5 Å². The minimum atomic E-state index is 0.0797. The van der Waals surface area contributed by atoms with Crippen molar-refractivity contribution in [1.29, 1.82) is 0 Å². The number of hydrogen-bond acceptors (Lipinski definition) is 3. The highest BCUT2D eigenvalue weighted by Gasteiger charge is 2.30. The van der Waals surface area contributed by atoms with Gasteiger partial charge < -0.3 is 15.0 Å². The van der Waals surface area contributed by atoms with E-state index in [1.165, 1.54) is 11.1 Å². The summed E-state index contributed by atoms with van der Waals surface area (Å²) in [6.07, 6.45) is 5.63. The molecule has 21 heavy (non-hydrogen) atoms. The number of carbonyl (C=O) groups excluding carboxylic acids is 1. The van der Waals surface area contributed by atoms with Gasteiger partial charge in [-0.1, -0.05) is 12.1 Å². The highest BCUT2D eigenvalue weighted by Crippen LogP contribution is 2.35. The monoisotopic (exact) mass is 288 g/mol. The van der Waals surface area contributed by atoms with Crippen LogP contribution in [0.5, 0.6) is 5.75 Å². The largest absolute Gasteiger partial charge is 0.483 e. The maximum atomic E-state index is 12.1. The summed E-state index contributed by atoms with van der Waals surface area (Å²) in [4.78, 5) is 13.9. The van der Waals surface area contributed by atoms with E-state index >= 15 is 0 Å². The summed E-state index contributed by atoms with van der Waals surface area (Å²) < 4.78 is 5.84. The summed E-state index contributed by atoms with van der Waals surface area (Å²) in [5.74, 6) is 0.959. The molecule has 0 aliphatic heterocycles. The minimum Gasteiger partial charge on any atom is -0.483 e. The summed E-state index contributed by atoms with van der Waals surface area (Å²) >= 11 is 0. The molecule has 1 N–H and O–H groups in total. The Morgan fingerprint density at radius 3 is 2.90 bits per heavy atom. The first-order valence-corrected chi connectivity index (χ1v) is 7.88. The van der Waals surface area contributed by atoms with E-state index in [0.717, 1.165) is 37.9 Å². The SMILES string of the molecule is CNC1CCCc2c(OCC(=O)N(C)C3CC3)cccc21. The maximum absolute atomic E-state index is 12.1. The van der Waals surface area contributed by atoms with Gasteiger partial charge >= 0.3 is 0 Å². The molecule has 2 aliphatic rings. The highest BCUT2D eigenvalue weighted by molar-refractivity contribution is 5.78. The average Bonchev–Trinajstić information content (AvgIpc) is 3.36. The molecule has 1 fully saturated rings. The fourth-order valence-electron chi connectivity index (χ4n) is 3.16. The van der Waals surface area contributed by atoms with Crippen LogP contribution < -0.4 is 10.1 Å². The van der Waals surface area contributed by atoms with E-state index in [4.69, 9.17) is 4.74 Å². The Kier molecular flexibility index (Phi) is 4.15. The van der Waals surface area contributed by atoms with E-state index in [9.17, 15) is 4.79 Å². The van der Waals surface area contributed by atoms with Crippen LogP contribution in [0.3, 0.4) is 0 Å². The second-order valence-corrected chi connectivity index (χ2v) is 6.08. The summed E-state index contributed by atoms with van der Waals surface area (Å²) in [7, 11) is 3.88. The molecule has 0 heterocycles. The molecule has 114 valence electrons. The van der Waals surface area contributed by atoms with Crippen LogP contribution in [0.2, 0.25) is 0 Å². The lowest BCUT2D eigenvalue weighted by molar-refractivity contribution is -0.132. The van der Waals surface area contributed by atoms with Gasteiger partial charge in [0.1, 0.15) is 5.75 Å².